The first-order valence-corrected chi connectivity index (χ1v) is 12.1. The highest BCUT2D eigenvalue weighted by molar-refractivity contribution is 6.35. The second kappa shape index (κ2) is 8.53. The molecule has 1 saturated heterocycles. The van der Waals surface area contributed by atoms with Gasteiger partial charge in [0.25, 0.3) is 0 Å². The van der Waals surface area contributed by atoms with E-state index in [1.807, 2.05) is 37.1 Å². The summed E-state index contributed by atoms with van der Waals surface area (Å²) in [6.45, 7) is 3.58. The molecular weight excluding hydrogens is 446 g/mol. The maximum Gasteiger partial charge on any atom is 0.153 e. The minimum atomic E-state index is 0.0940. The van der Waals surface area contributed by atoms with E-state index < -0.39 is 0 Å². The minimum Gasteiger partial charge on any atom is -0.381 e. The average molecular weight is 472 g/mol. The molecule has 0 aliphatic carbocycles. The summed E-state index contributed by atoms with van der Waals surface area (Å²) >= 11 is 6.80. The van der Waals surface area contributed by atoms with Crippen molar-refractivity contribution in [1.82, 2.24) is 24.1 Å². The Hall–Kier alpha value is -3.22. The number of ether oxygens (including phenoxy) is 1. The van der Waals surface area contributed by atoms with Gasteiger partial charge >= 0.3 is 0 Å². The van der Waals surface area contributed by atoms with E-state index in [0.717, 1.165) is 64.9 Å². The number of nitrogens with zero attached hydrogens (tertiary/aromatic N) is 5. The van der Waals surface area contributed by atoms with Gasteiger partial charge in [0.2, 0.25) is 0 Å². The Kier molecular flexibility index (Phi) is 5.35. The Morgan fingerprint density at radius 2 is 1.85 bits per heavy atom. The molecule has 0 unspecified atom stereocenters. The summed E-state index contributed by atoms with van der Waals surface area (Å²) < 4.78 is 10.2. The van der Waals surface area contributed by atoms with Crippen molar-refractivity contribution in [2.75, 3.05) is 13.2 Å². The largest absolute Gasteiger partial charge is 0.381 e. The highest BCUT2D eigenvalue weighted by Crippen LogP contribution is 2.42. The predicted molar refractivity (Wildman–Crippen MR) is 135 cm³/mol. The van der Waals surface area contributed by atoms with Crippen LogP contribution in [0.25, 0.3) is 33.2 Å². The molecule has 4 aromatic heterocycles. The van der Waals surface area contributed by atoms with E-state index in [0.29, 0.717) is 11.1 Å². The zero-order valence-corrected chi connectivity index (χ0v) is 20.0. The lowest BCUT2D eigenvalue weighted by atomic mass is 9.86. The molecule has 1 atom stereocenters. The molecule has 6 nitrogen and oxygen atoms in total. The Morgan fingerprint density at radius 3 is 2.59 bits per heavy atom. The number of aromatic nitrogens is 5. The topological polar surface area (TPSA) is 57.8 Å². The number of hydrogen-bond donors (Lipinski definition) is 0. The zero-order chi connectivity index (χ0) is 23.2. The third-order valence-corrected chi connectivity index (χ3v) is 7.30. The molecule has 0 bridgehead atoms. The molecule has 5 heterocycles. The van der Waals surface area contributed by atoms with Crippen molar-refractivity contribution in [1.29, 1.82) is 0 Å². The zero-order valence-electron chi connectivity index (χ0n) is 19.3. The Labute approximate surface area is 203 Å². The van der Waals surface area contributed by atoms with E-state index in [1.165, 1.54) is 5.56 Å². The molecule has 6 rings (SSSR count). The van der Waals surface area contributed by atoms with Crippen LogP contribution >= 0.6 is 11.6 Å². The number of rotatable bonds is 4. The number of pyridine rings is 2. The van der Waals surface area contributed by atoms with Crippen molar-refractivity contribution in [2.24, 2.45) is 13.0 Å². The van der Waals surface area contributed by atoms with Crippen molar-refractivity contribution < 1.29 is 4.74 Å². The van der Waals surface area contributed by atoms with Gasteiger partial charge in [-0.1, -0.05) is 41.9 Å². The smallest absolute Gasteiger partial charge is 0.153 e. The maximum absolute atomic E-state index is 6.80. The van der Waals surface area contributed by atoms with Crippen molar-refractivity contribution in [3.05, 3.63) is 77.6 Å². The van der Waals surface area contributed by atoms with E-state index in [9.17, 15) is 0 Å². The van der Waals surface area contributed by atoms with Crippen LogP contribution in [0.2, 0.25) is 5.15 Å². The maximum atomic E-state index is 6.80. The number of halogens is 1. The van der Waals surface area contributed by atoms with Crippen LogP contribution < -0.4 is 0 Å². The summed E-state index contributed by atoms with van der Waals surface area (Å²) in [5.41, 5.74) is 7.28. The first kappa shape index (κ1) is 21.3. The number of benzene rings is 1. The number of hydrogen-bond acceptors (Lipinski definition) is 4. The molecule has 0 amide bonds. The fraction of sp³-hybridized carbons (Fsp3) is 0.296. The Bertz CT molecular complexity index is 1460. The van der Waals surface area contributed by atoms with Gasteiger partial charge < -0.3 is 13.9 Å². The molecule has 0 spiro atoms. The lowest BCUT2D eigenvalue weighted by Gasteiger charge is -2.33. The second-order valence-electron chi connectivity index (χ2n) is 9.05. The fourth-order valence-corrected chi connectivity index (χ4v) is 5.75. The SMILES string of the molecule is Cc1ncn(C)c1-c1cnc2c3ccnc(Cl)c3n([C@H](c3ccccc3)C3CCOCC3)c2c1. The number of fused-ring (bicyclic) bond motifs is 3. The van der Waals surface area contributed by atoms with Crippen LogP contribution in [-0.4, -0.2) is 37.3 Å². The third kappa shape index (κ3) is 3.40. The van der Waals surface area contributed by atoms with Crippen LogP contribution in [0.4, 0.5) is 0 Å². The molecule has 1 aliphatic heterocycles. The molecule has 34 heavy (non-hydrogen) atoms. The van der Waals surface area contributed by atoms with Gasteiger partial charge in [-0.2, -0.15) is 0 Å². The molecule has 0 saturated carbocycles. The summed E-state index contributed by atoms with van der Waals surface area (Å²) in [6, 6.07) is 15.1. The van der Waals surface area contributed by atoms with E-state index in [-0.39, 0.29) is 6.04 Å². The monoisotopic (exact) mass is 471 g/mol. The van der Waals surface area contributed by atoms with E-state index in [2.05, 4.69) is 50.9 Å². The molecule has 1 aromatic carbocycles. The first-order chi connectivity index (χ1) is 16.6. The van der Waals surface area contributed by atoms with Gasteiger partial charge in [0.05, 0.1) is 40.3 Å². The quantitative estimate of drug-likeness (QED) is 0.303. The van der Waals surface area contributed by atoms with Gasteiger partial charge in [-0.15, -0.1) is 0 Å². The number of aryl methyl sites for hydroxylation is 2. The summed E-state index contributed by atoms with van der Waals surface area (Å²) in [4.78, 5) is 13.9. The van der Waals surface area contributed by atoms with Crippen molar-refractivity contribution in [3.8, 4) is 11.3 Å². The molecule has 1 fully saturated rings. The lowest BCUT2D eigenvalue weighted by molar-refractivity contribution is 0.0553. The summed E-state index contributed by atoms with van der Waals surface area (Å²) in [6.07, 6.45) is 7.54. The molecule has 5 aromatic rings. The Balaban J connectivity index is 1.69. The first-order valence-electron chi connectivity index (χ1n) is 11.7. The van der Waals surface area contributed by atoms with Crippen molar-refractivity contribution in [3.63, 3.8) is 0 Å². The summed E-state index contributed by atoms with van der Waals surface area (Å²) in [7, 11) is 2.02. The number of imidazole rings is 1. The molecular formula is C27H26ClN5O. The van der Waals surface area contributed by atoms with E-state index in [4.69, 9.17) is 21.3 Å². The molecule has 0 N–H and O–H groups in total. The highest BCUT2D eigenvalue weighted by Gasteiger charge is 2.31. The summed E-state index contributed by atoms with van der Waals surface area (Å²) in [5.74, 6) is 0.410. The predicted octanol–water partition coefficient (Wildman–Crippen LogP) is 5.96. The standard InChI is InChI=1S/C27H26ClN5O/c1-17-24(32(2)16-31-17)20-14-22-23(30-15-20)21-8-11-29-27(28)26(21)33(22)25(18-6-4-3-5-7-18)19-9-12-34-13-10-19/h3-8,11,14-16,19,25H,9-10,12-13H2,1-2H3/t25-/m1/s1. The van der Waals surface area contributed by atoms with E-state index >= 15 is 0 Å². The van der Waals surface area contributed by atoms with Gasteiger partial charge in [0, 0.05) is 43.6 Å². The van der Waals surface area contributed by atoms with Gasteiger partial charge in [-0.25, -0.2) is 9.97 Å². The van der Waals surface area contributed by atoms with Crippen molar-refractivity contribution >= 4 is 33.5 Å². The normalized spacial score (nSPS) is 15.9. The molecule has 1 aliphatic rings. The lowest BCUT2D eigenvalue weighted by Crippen LogP contribution is -2.27. The minimum absolute atomic E-state index is 0.0940. The summed E-state index contributed by atoms with van der Waals surface area (Å²) in [5, 5.41) is 1.53. The fourth-order valence-electron chi connectivity index (χ4n) is 5.51. The molecule has 172 valence electrons. The van der Waals surface area contributed by atoms with Gasteiger partial charge in [0.1, 0.15) is 0 Å². The van der Waals surface area contributed by atoms with Crippen LogP contribution in [0.15, 0.2) is 61.2 Å². The third-order valence-electron chi connectivity index (χ3n) is 7.03. The van der Waals surface area contributed by atoms with Crippen LogP contribution in [0.3, 0.4) is 0 Å². The van der Waals surface area contributed by atoms with Crippen LogP contribution in [0, 0.1) is 12.8 Å². The van der Waals surface area contributed by atoms with E-state index in [1.54, 1.807) is 6.20 Å². The van der Waals surface area contributed by atoms with Gasteiger partial charge in [-0.05, 0) is 43.4 Å². The van der Waals surface area contributed by atoms with Crippen LogP contribution in [-0.2, 0) is 11.8 Å². The Morgan fingerprint density at radius 1 is 1.06 bits per heavy atom. The second-order valence-corrected chi connectivity index (χ2v) is 9.41. The average Bonchev–Trinajstić information content (AvgIpc) is 3.38. The molecule has 0 radical (unpaired) electrons. The van der Waals surface area contributed by atoms with Crippen molar-refractivity contribution in [2.45, 2.75) is 25.8 Å². The van der Waals surface area contributed by atoms with Gasteiger partial charge in [0.15, 0.2) is 5.15 Å². The highest BCUT2D eigenvalue weighted by atomic mass is 35.5. The molecule has 7 heteroatoms. The van der Waals surface area contributed by atoms with Crippen LogP contribution in [0.1, 0.15) is 30.1 Å². The van der Waals surface area contributed by atoms with Gasteiger partial charge in [-0.3, -0.25) is 4.98 Å². The van der Waals surface area contributed by atoms with Crippen LogP contribution in [0.5, 0.6) is 0 Å².